The number of non-ortho nitro benzene ring substituents is 1. The van der Waals surface area contributed by atoms with Crippen LogP contribution in [0.3, 0.4) is 0 Å². The molecule has 1 heterocycles. The van der Waals surface area contributed by atoms with Gasteiger partial charge >= 0.3 is 6.09 Å². The van der Waals surface area contributed by atoms with Gasteiger partial charge in [0.05, 0.1) is 11.0 Å². The number of aromatic nitrogens is 1. The maximum absolute atomic E-state index is 15.0. The van der Waals surface area contributed by atoms with Crippen LogP contribution in [0, 0.1) is 27.2 Å². The van der Waals surface area contributed by atoms with E-state index in [1.54, 1.807) is 17.2 Å². The quantitative estimate of drug-likeness (QED) is 0.106. The van der Waals surface area contributed by atoms with E-state index in [1.807, 2.05) is 55.7 Å². The standard InChI is InChI=1S/C33H34F2N4O5/c1-33(2,3)30(38(17-7-16-36-32(41)42)31(40)23-10-13-26(14-11-23)39(43)44)29-18-24(27-19-25(34)12-15-28(27)35)21-37(29)20-22-8-5-4-6-9-22/h4-6,8-15,18-19,21,30,36H,7,16-17,20H2,1-3H3,(H,41,42). The zero-order valence-electron chi connectivity index (χ0n) is 24.7. The number of halogens is 2. The summed E-state index contributed by atoms with van der Waals surface area (Å²) < 4.78 is 31.1. The lowest BCUT2D eigenvalue weighted by molar-refractivity contribution is -0.384. The lowest BCUT2D eigenvalue weighted by Crippen LogP contribution is -2.43. The topological polar surface area (TPSA) is 118 Å². The molecule has 1 atom stereocenters. The zero-order valence-corrected chi connectivity index (χ0v) is 24.7. The van der Waals surface area contributed by atoms with Crippen molar-refractivity contribution >= 4 is 17.7 Å². The van der Waals surface area contributed by atoms with E-state index in [0.717, 1.165) is 23.8 Å². The number of rotatable bonds is 11. The lowest BCUT2D eigenvalue weighted by atomic mass is 9.82. The monoisotopic (exact) mass is 604 g/mol. The second-order valence-electron chi connectivity index (χ2n) is 11.5. The number of nitrogens with one attached hydrogen (secondary N) is 1. The minimum Gasteiger partial charge on any atom is -0.465 e. The van der Waals surface area contributed by atoms with Gasteiger partial charge < -0.3 is 19.9 Å². The van der Waals surface area contributed by atoms with Crippen LogP contribution in [0.4, 0.5) is 19.3 Å². The summed E-state index contributed by atoms with van der Waals surface area (Å²) in [5.74, 6) is -1.60. The molecule has 4 rings (SSSR count). The van der Waals surface area contributed by atoms with E-state index < -0.39 is 40.0 Å². The van der Waals surface area contributed by atoms with Gasteiger partial charge in [-0.05, 0) is 53.8 Å². The van der Waals surface area contributed by atoms with E-state index in [-0.39, 0.29) is 36.3 Å². The third kappa shape index (κ3) is 7.66. The molecule has 230 valence electrons. The summed E-state index contributed by atoms with van der Waals surface area (Å²) in [5, 5.41) is 22.6. The van der Waals surface area contributed by atoms with Gasteiger partial charge in [-0.25, -0.2) is 13.6 Å². The summed E-state index contributed by atoms with van der Waals surface area (Å²) >= 11 is 0. The highest BCUT2D eigenvalue weighted by atomic mass is 19.1. The number of nitrogens with zero attached hydrogens (tertiary/aromatic N) is 3. The first-order valence-electron chi connectivity index (χ1n) is 14.1. The Morgan fingerprint density at radius 2 is 1.70 bits per heavy atom. The Kier molecular flexibility index (Phi) is 9.77. The molecule has 4 aromatic rings. The summed E-state index contributed by atoms with van der Waals surface area (Å²) in [6, 6.07) is 19.2. The summed E-state index contributed by atoms with van der Waals surface area (Å²) in [7, 11) is 0. The fourth-order valence-corrected chi connectivity index (χ4v) is 5.30. The average molecular weight is 605 g/mol. The second kappa shape index (κ2) is 13.5. The van der Waals surface area contributed by atoms with Crippen LogP contribution in [-0.2, 0) is 6.54 Å². The van der Waals surface area contributed by atoms with Crippen molar-refractivity contribution < 1.29 is 28.4 Å². The molecule has 0 aliphatic carbocycles. The molecule has 1 aromatic heterocycles. The van der Waals surface area contributed by atoms with Crippen LogP contribution < -0.4 is 5.32 Å². The highest BCUT2D eigenvalue weighted by molar-refractivity contribution is 5.94. The SMILES string of the molecule is CC(C)(C)C(c1cc(-c2cc(F)ccc2F)cn1Cc1ccccc1)N(CCCNC(=O)O)C(=O)c1ccc([N+](=O)[O-])cc1. The van der Waals surface area contributed by atoms with Gasteiger partial charge in [-0.15, -0.1) is 0 Å². The molecule has 2 N–H and O–H groups in total. The van der Waals surface area contributed by atoms with Gasteiger partial charge in [0, 0.05) is 60.3 Å². The minimum absolute atomic E-state index is 0.0737. The summed E-state index contributed by atoms with van der Waals surface area (Å²) in [6.07, 6.45) is 0.825. The number of carbonyl (C=O) groups excluding carboxylic acids is 1. The Morgan fingerprint density at radius 1 is 1.02 bits per heavy atom. The van der Waals surface area contributed by atoms with E-state index in [2.05, 4.69) is 5.32 Å². The number of nitro benzene ring substituents is 1. The van der Waals surface area contributed by atoms with Crippen molar-refractivity contribution in [1.82, 2.24) is 14.8 Å². The fraction of sp³-hybridized carbons (Fsp3) is 0.273. The molecule has 0 saturated carbocycles. The fourth-order valence-electron chi connectivity index (χ4n) is 5.30. The summed E-state index contributed by atoms with van der Waals surface area (Å²) in [4.78, 5) is 37.6. The Morgan fingerprint density at radius 3 is 2.32 bits per heavy atom. The van der Waals surface area contributed by atoms with E-state index in [4.69, 9.17) is 5.11 Å². The Bertz CT molecular complexity index is 1630. The molecule has 44 heavy (non-hydrogen) atoms. The second-order valence-corrected chi connectivity index (χ2v) is 11.5. The zero-order chi connectivity index (χ0) is 32.0. The molecule has 0 saturated heterocycles. The molecule has 1 unspecified atom stereocenters. The van der Waals surface area contributed by atoms with Crippen molar-refractivity contribution in [2.75, 3.05) is 13.1 Å². The molecule has 2 amide bonds. The van der Waals surface area contributed by atoms with E-state index in [1.165, 1.54) is 24.3 Å². The van der Waals surface area contributed by atoms with Crippen LogP contribution in [0.15, 0.2) is 85.1 Å². The molecular formula is C33H34F2N4O5. The molecule has 11 heteroatoms. The normalized spacial score (nSPS) is 12.0. The maximum atomic E-state index is 15.0. The van der Waals surface area contributed by atoms with Crippen LogP contribution in [0.2, 0.25) is 0 Å². The van der Waals surface area contributed by atoms with E-state index in [0.29, 0.717) is 17.8 Å². The number of carbonyl (C=O) groups is 2. The van der Waals surface area contributed by atoms with Crippen molar-refractivity contribution in [3.8, 4) is 11.1 Å². The number of hydrogen-bond donors (Lipinski definition) is 2. The lowest BCUT2D eigenvalue weighted by Gasteiger charge is -2.41. The van der Waals surface area contributed by atoms with Crippen LogP contribution in [-0.4, -0.2) is 44.6 Å². The Balaban J connectivity index is 1.87. The molecule has 3 aromatic carbocycles. The van der Waals surface area contributed by atoms with Crippen molar-refractivity contribution in [3.05, 3.63) is 124 Å². The number of nitro groups is 1. The smallest absolute Gasteiger partial charge is 0.404 e. The van der Waals surface area contributed by atoms with Gasteiger partial charge in [0.2, 0.25) is 0 Å². The van der Waals surface area contributed by atoms with Crippen LogP contribution in [0.25, 0.3) is 11.1 Å². The largest absolute Gasteiger partial charge is 0.465 e. The molecular weight excluding hydrogens is 570 g/mol. The summed E-state index contributed by atoms with van der Waals surface area (Å²) in [6.45, 7) is 6.45. The molecule has 0 aliphatic heterocycles. The van der Waals surface area contributed by atoms with Gasteiger partial charge in [-0.3, -0.25) is 14.9 Å². The minimum atomic E-state index is -1.19. The number of amides is 2. The third-order valence-electron chi connectivity index (χ3n) is 7.22. The van der Waals surface area contributed by atoms with Gasteiger partial charge in [0.1, 0.15) is 11.6 Å². The molecule has 0 radical (unpaired) electrons. The first-order chi connectivity index (χ1) is 20.8. The van der Waals surface area contributed by atoms with Gasteiger partial charge in [-0.2, -0.15) is 0 Å². The predicted molar refractivity (Wildman–Crippen MR) is 162 cm³/mol. The molecule has 0 fully saturated rings. The molecule has 0 aliphatic rings. The highest BCUT2D eigenvalue weighted by Gasteiger charge is 2.37. The van der Waals surface area contributed by atoms with E-state index in [9.17, 15) is 28.5 Å². The Labute approximate surface area is 253 Å². The Hall–Kier alpha value is -5.06. The van der Waals surface area contributed by atoms with Crippen molar-refractivity contribution in [2.45, 2.75) is 39.8 Å². The summed E-state index contributed by atoms with van der Waals surface area (Å²) in [5.41, 5.74) is 1.55. The van der Waals surface area contributed by atoms with Crippen molar-refractivity contribution in [1.29, 1.82) is 0 Å². The highest BCUT2D eigenvalue weighted by Crippen LogP contribution is 2.42. The third-order valence-corrected chi connectivity index (χ3v) is 7.22. The number of carboxylic acid groups (broad SMARTS) is 1. The van der Waals surface area contributed by atoms with Crippen molar-refractivity contribution in [3.63, 3.8) is 0 Å². The van der Waals surface area contributed by atoms with E-state index >= 15 is 0 Å². The van der Waals surface area contributed by atoms with Gasteiger partial charge in [0.25, 0.3) is 11.6 Å². The predicted octanol–water partition coefficient (Wildman–Crippen LogP) is 7.28. The van der Waals surface area contributed by atoms with Crippen LogP contribution >= 0.6 is 0 Å². The van der Waals surface area contributed by atoms with Crippen LogP contribution in [0.1, 0.15) is 54.8 Å². The number of hydrogen-bond acceptors (Lipinski definition) is 4. The van der Waals surface area contributed by atoms with Gasteiger partial charge in [0.15, 0.2) is 0 Å². The molecule has 9 nitrogen and oxygen atoms in total. The number of benzene rings is 3. The average Bonchev–Trinajstić information content (AvgIpc) is 3.37. The molecule has 0 spiro atoms. The first-order valence-corrected chi connectivity index (χ1v) is 14.1. The van der Waals surface area contributed by atoms with Crippen LogP contribution in [0.5, 0.6) is 0 Å². The molecule has 0 bridgehead atoms. The van der Waals surface area contributed by atoms with Gasteiger partial charge in [-0.1, -0.05) is 51.1 Å². The van der Waals surface area contributed by atoms with Crippen molar-refractivity contribution in [2.24, 2.45) is 5.41 Å². The maximum Gasteiger partial charge on any atom is 0.404 e. The first kappa shape index (κ1) is 31.9.